The molecule has 0 aliphatic carbocycles. The number of halogens is 1. The fourth-order valence-electron chi connectivity index (χ4n) is 2.35. The average Bonchev–Trinajstić information content (AvgIpc) is 3.02. The third-order valence-electron chi connectivity index (χ3n) is 4.05. The molecular weight excluding hydrogens is 381 g/mol. The number of anilines is 1. The van der Waals surface area contributed by atoms with E-state index in [9.17, 15) is 9.18 Å². The smallest absolute Gasteiger partial charge is 0.234 e. The van der Waals surface area contributed by atoms with Crippen LogP contribution in [0.1, 0.15) is 17.0 Å². The molecule has 9 heteroatoms. The maximum atomic E-state index is 13.6. The van der Waals surface area contributed by atoms with Crippen LogP contribution in [0, 0.1) is 19.7 Å². The largest absolute Gasteiger partial charge is 0.482 e. The zero-order chi connectivity index (χ0) is 20.1. The molecule has 1 amide bonds. The number of nitrogens with zero attached hydrogens (tertiary/aromatic N) is 3. The number of para-hydroxylation sites is 1. The van der Waals surface area contributed by atoms with E-state index in [2.05, 4.69) is 15.5 Å². The molecule has 3 rings (SSSR count). The quantitative estimate of drug-likeness (QED) is 0.467. The summed E-state index contributed by atoms with van der Waals surface area (Å²) in [6, 6.07) is 11.8. The molecule has 0 saturated carbocycles. The van der Waals surface area contributed by atoms with Crippen molar-refractivity contribution < 1.29 is 13.9 Å². The summed E-state index contributed by atoms with van der Waals surface area (Å²) in [7, 11) is 0. The van der Waals surface area contributed by atoms with E-state index in [0.717, 1.165) is 28.6 Å². The fraction of sp³-hybridized carbons (Fsp3) is 0.211. The lowest BCUT2D eigenvalue weighted by Crippen LogP contribution is -2.18. The highest BCUT2D eigenvalue weighted by Gasteiger charge is 2.14. The van der Waals surface area contributed by atoms with Crippen LogP contribution in [0.4, 0.5) is 10.1 Å². The summed E-state index contributed by atoms with van der Waals surface area (Å²) >= 11 is 1.15. The molecule has 1 heterocycles. The maximum Gasteiger partial charge on any atom is 0.234 e. The van der Waals surface area contributed by atoms with E-state index in [0.29, 0.717) is 11.0 Å². The molecular formula is C19H20FN5O2S. The number of rotatable bonds is 7. The van der Waals surface area contributed by atoms with Gasteiger partial charge in [0.1, 0.15) is 6.61 Å². The molecule has 0 fully saturated rings. The Labute approximate surface area is 166 Å². The number of ether oxygens (including phenoxy) is 1. The molecule has 146 valence electrons. The Morgan fingerprint density at radius 3 is 2.75 bits per heavy atom. The first-order valence-corrected chi connectivity index (χ1v) is 9.49. The first kappa shape index (κ1) is 19.7. The summed E-state index contributed by atoms with van der Waals surface area (Å²) in [5, 5.41) is 11.1. The molecule has 28 heavy (non-hydrogen) atoms. The monoisotopic (exact) mass is 401 g/mol. The Morgan fingerprint density at radius 2 is 2.00 bits per heavy atom. The average molecular weight is 401 g/mol. The SMILES string of the molecule is Cc1ccc(NC(=O)CSc2nnc(COc3ccccc3F)n2N)cc1C. The maximum absolute atomic E-state index is 13.6. The van der Waals surface area contributed by atoms with E-state index < -0.39 is 5.82 Å². The minimum Gasteiger partial charge on any atom is -0.482 e. The van der Waals surface area contributed by atoms with Crippen molar-refractivity contribution in [1.82, 2.24) is 14.9 Å². The highest BCUT2D eigenvalue weighted by molar-refractivity contribution is 7.99. The molecule has 0 aliphatic heterocycles. The van der Waals surface area contributed by atoms with E-state index in [1.165, 1.54) is 16.8 Å². The summed E-state index contributed by atoms with van der Waals surface area (Å²) < 4.78 is 20.2. The Balaban J connectivity index is 1.54. The lowest BCUT2D eigenvalue weighted by molar-refractivity contribution is -0.113. The number of hydrogen-bond acceptors (Lipinski definition) is 6. The number of benzene rings is 2. The molecule has 0 radical (unpaired) electrons. The number of hydrogen-bond donors (Lipinski definition) is 2. The highest BCUT2D eigenvalue weighted by Crippen LogP contribution is 2.19. The van der Waals surface area contributed by atoms with Crippen molar-refractivity contribution in [2.75, 3.05) is 16.9 Å². The Hall–Kier alpha value is -3.07. The molecule has 2 aromatic carbocycles. The van der Waals surface area contributed by atoms with Crippen LogP contribution in [-0.2, 0) is 11.4 Å². The Morgan fingerprint density at radius 1 is 1.21 bits per heavy atom. The minimum absolute atomic E-state index is 0.0418. The van der Waals surface area contributed by atoms with Gasteiger partial charge in [-0.05, 0) is 49.2 Å². The summed E-state index contributed by atoms with van der Waals surface area (Å²) in [6.07, 6.45) is 0. The molecule has 0 atom stereocenters. The van der Waals surface area contributed by atoms with Gasteiger partial charge in [0.2, 0.25) is 11.1 Å². The predicted molar refractivity (Wildman–Crippen MR) is 106 cm³/mol. The predicted octanol–water partition coefficient (Wildman–Crippen LogP) is 3.06. The van der Waals surface area contributed by atoms with Crippen molar-refractivity contribution in [3.05, 3.63) is 65.2 Å². The van der Waals surface area contributed by atoms with E-state index in [1.807, 2.05) is 32.0 Å². The van der Waals surface area contributed by atoms with Gasteiger partial charge in [0.05, 0.1) is 5.75 Å². The van der Waals surface area contributed by atoms with Crippen LogP contribution in [0.2, 0.25) is 0 Å². The van der Waals surface area contributed by atoms with Crippen LogP contribution >= 0.6 is 11.8 Å². The van der Waals surface area contributed by atoms with Crippen LogP contribution in [0.3, 0.4) is 0 Å². The highest BCUT2D eigenvalue weighted by atomic mass is 32.2. The molecule has 7 nitrogen and oxygen atoms in total. The van der Waals surface area contributed by atoms with E-state index in [-0.39, 0.29) is 24.0 Å². The van der Waals surface area contributed by atoms with Crippen molar-refractivity contribution in [2.24, 2.45) is 0 Å². The fourth-order valence-corrected chi connectivity index (χ4v) is 3.03. The van der Waals surface area contributed by atoms with Crippen molar-refractivity contribution in [3.63, 3.8) is 0 Å². The summed E-state index contributed by atoms with van der Waals surface area (Å²) in [5.74, 6) is 5.84. The first-order chi connectivity index (χ1) is 13.4. The summed E-state index contributed by atoms with van der Waals surface area (Å²) in [6.45, 7) is 3.96. The van der Waals surface area contributed by atoms with Gasteiger partial charge in [-0.15, -0.1) is 10.2 Å². The van der Waals surface area contributed by atoms with Crippen LogP contribution in [0.5, 0.6) is 5.75 Å². The van der Waals surface area contributed by atoms with E-state index in [1.54, 1.807) is 12.1 Å². The van der Waals surface area contributed by atoms with Gasteiger partial charge in [0.15, 0.2) is 17.4 Å². The molecule has 3 N–H and O–H groups in total. The standard InChI is InChI=1S/C19H20FN5O2S/c1-12-7-8-14(9-13(12)2)22-18(26)11-28-19-24-23-17(25(19)21)10-27-16-6-4-3-5-15(16)20/h3-9H,10-11,21H2,1-2H3,(H,22,26). The van der Waals surface area contributed by atoms with Crippen LogP contribution < -0.4 is 15.9 Å². The Bertz CT molecular complexity index is 992. The molecule has 1 aromatic heterocycles. The number of carbonyl (C=O) groups is 1. The Kier molecular flexibility index (Phi) is 6.15. The molecule has 0 bridgehead atoms. The molecule has 0 unspecified atom stereocenters. The van der Waals surface area contributed by atoms with Crippen LogP contribution in [-0.4, -0.2) is 26.5 Å². The topological polar surface area (TPSA) is 95.1 Å². The van der Waals surface area contributed by atoms with E-state index >= 15 is 0 Å². The molecule has 0 spiro atoms. The van der Waals surface area contributed by atoms with Gasteiger partial charge in [0.25, 0.3) is 0 Å². The number of aryl methyl sites for hydroxylation is 2. The summed E-state index contributed by atoms with van der Waals surface area (Å²) in [4.78, 5) is 12.2. The molecule has 0 aliphatic rings. The van der Waals surface area contributed by atoms with Crippen LogP contribution in [0.25, 0.3) is 0 Å². The van der Waals surface area contributed by atoms with Gasteiger partial charge in [-0.2, -0.15) is 0 Å². The van der Waals surface area contributed by atoms with Gasteiger partial charge < -0.3 is 15.9 Å². The zero-order valence-electron chi connectivity index (χ0n) is 15.5. The number of amides is 1. The summed E-state index contributed by atoms with van der Waals surface area (Å²) in [5.41, 5.74) is 3.00. The van der Waals surface area contributed by atoms with Gasteiger partial charge >= 0.3 is 0 Å². The lowest BCUT2D eigenvalue weighted by atomic mass is 10.1. The van der Waals surface area contributed by atoms with Gasteiger partial charge in [0, 0.05) is 5.69 Å². The second kappa shape index (κ2) is 8.75. The normalized spacial score (nSPS) is 10.7. The number of nitrogen functional groups attached to an aromatic ring is 1. The zero-order valence-corrected chi connectivity index (χ0v) is 16.3. The van der Waals surface area contributed by atoms with Crippen LogP contribution in [0.15, 0.2) is 47.6 Å². The molecule has 0 saturated heterocycles. The second-order valence-corrected chi connectivity index (χ2v) is 7.07. The number of nitrogens with two attached hydrogens (primary N) is 1. The first-order valence-electron chi connectivity index (χ1n) is 8.50. The minimum atomic E-state index is -0.469. The number of carbonyl (C=O) groups excluding carboxylic acids is 1. The second-order valence-electron chi connectivity index (χ2n) is 6.12. The number of thioether (sulfide) groups is 1. The van der Waals surface area contributed by atoms with Crippen molar-refractivity contribution in [1.29, 1.82) is 0 Å². The number of nitrogens with one attached hydrogen (secondary N) is 1. The van der Waals surface area contributed by atoms with Crippen molar-refractivity contribution >= 4 is 23.4 Å². The van der Waals surface area contributed by atoms with Crippen molar-refractivity contribution in [2.45, 2.75) is 25.6 Å². The third kappa shape index (κ3) is 4.80. The van der Waals surface area contributed by atoms with Gasteiger partial charge in [-0.3, -0.25) is 4.79 Å². The van der Waals surface area contributed by atoms with Gasteiger partial charge in [-0.1, -0.05) is 30.0 Å². The van der Waals surface area contributed by atoms with Crippen molar-refractivity contribution in [3.8, 4) is 5.75 Å². The molecule has 3 aromatic rings. The number of aromatic nitrogens is 3. The van der Waals surface area contributed by atoms with E-state index in [4.69, 9.17) is 10.6 Å². The third-order valence-corrected chi connectivity index (χ3v) is 4.99. The lowest BCUT2D eigenvalue weighted by Gasteiger charge is -2.08. The van der Waals surface area contributed by atoms with Gasteiger partial charge in [-0.25, -0.2) is 9.07 Å².